The maximum absolute atomic E-state index is 8.79. The summed E-state index contributed by atoms with van der Waals surface area (Å²) in [6.07, 6.45) is 3.80. The van der Waals surface area contributed by atoms with Crippen molar-refractivity contribution >= 4 is 0 Å². The van der Waals surface area contributed by atoms with Crippen molar-refractivity contribution in [1.82, 2.24) is 10.2 Å². The van der Waals surface area contributed by atoms with Gasteiger partial charge in [0.2, 0.25) is 0 Å². The first-order chi connectivity index (χ1) is 6.77. The van der Waals surface area contributed by atoms with Gasteiger partial charge in [-0.2, -0.15) is 5.26 Å². The summed E-state index contributed by atoms with van der Waals surface area (Å²) in [5.41, 5.74) is 0. The van der Waals surface area contributed by atoms with Crippen molar-refractivity contribution in [2.24, 2.45) is 5.92 Å². The van der Waals surface area contributed by atoms with Gasteiger partial charge in [-0.15, -0.1) is 0 Å². The van der Waals surface area contributed by atoms with Crippen LogP contribution in [-0.2, 0) is 0 Å². The second-order valence-corrected chi connectivity index (χ2v) is 4.18. The summed E-state index contributed by atoms with van der Waals surface area (Å²) in [4.78, 5) is 2.29. The lowest BCUT2D eigenvalue weighted by atomic mass is 9.93. The van der Waals surface area contributed by atoms with Crippen molar-refractivity contribution in [3.05, 3.63) is 0 Å². The fraction of sp³-hybridized carbons (Fsp3) is 0.909. The number of hydrogen-bond donors (Lipinski definition) is 1. The Labute approximate surface area is 87.1 Å². The Bertz CT molecular complexity index is 189. The van der Waals surface area contributed by atoms with Gasteiger partial charge in [-0.25, -0.2) is 0 Å². The molecule has 1 aliphatic heterocycles. The summed E-state index contributed by atoms with van der Waals surface area (Å²) in [6.45, 7) is 5.32. The Morgan fingerprint density at radius 3 is 2.64 bits per heavy atom. The Kier molecular flexibility index (Phi) is 4.92. The van der Waals surface area contributed by atoms with E-state index in [9.17, 15) is 0 Å². The molecule has 1 unspecified atom stereocenters. The van der Waals surface area contributed by atoms with Crippen LogP contribution in [0.15, 0.2) is 0 Å². The highest BCUT2D eigenvalue weighted by Gasteiger charge is 2.21. The zero-order valence-corrected chi connectivity index (χ0v) is 9.29. The number of nitriles is 1. The average molecular weight is 195 g/mol. The minimum atomic E-state index is 0.0975. The normalized spacial score (nSPS) is 21.8. The third-order valence-corrected chi connectivity index (χ3v) is 3.19. The monoisotopic (exact) mass is 195 g/mol. The molecule has 14 heavy (non-hydrogen) atoms. The zero-order valence-electron chi connectivity index (χ0n) is 9.29. The van der Waals surface area contributed by atoms with E-state index in [1.54, 1.807) is 0 Å². The van der Waals surface area contributed by atoms with Gasteiger partial charge in [0.05, 0.1) is 12.1 Å². The largest absolute Gasteiger partial charge is 0.320 e. The van der Waals surface area contributed by atoms with Crippen LogP contribution in [0.5, 0.6) is 0 Å². The van der Waals surface area contributed by atoms with Crippen LogP contribution in [0.3, 0.4) is 0 Å². The van der Waals surface area contributed by atoms with Crippen molar-refractivity contribution in [3.63, 3.8) is 0 Å². The number of likely N-dealkylation sites (tertiary alicyclic amines) is 1. The van der Waals surface area contributed by atoms with Crippen molar-refractivity contribution in [1.29, 1.82) is 5.26 Å². The van der Waals surface area contributed by atoms with Crippen LogP contribution < -0.4 is 5.32 Å². The van der Waals surface area contributed by atoms with Crippen LogP contribution in [0.4, 0.5) is 0 Å². The zero-order chi connectivity index (χ0) is 10.4. The molecule has 0 radical (unpaired) electrons. The highest BCUT2D eigenvalue weighted by atomic mass is 15.2. The predicted octanol–water partition coefficient (Wildman–Crippen LogP) is 1.22. The maximum Gasteiger partial charge on any atom is 0.0949 e. The topological polar surface area (TPSA) is 39.1 Å². The van der Waals surface area contributed by atoms with E-state index in [-0.39, 0.29) is 6.04 Å². The molecule has 1 atom stereocenters. The van der Waals surface area contributed by atoms with Gasteiger partial charge in [-0.05, 0) is 58.8 Å². The molecule has 0 aliphatic carbocycles. The molecule has 0 bridgehead atoms. The lowest BCUT2D eigenvalue weighted by Gasteiger charge is -2.33. The highest BCUT2D eigenvalue weighted by molar-refractivity contribution is 4.89. The van der Waals surface area contributed by atoms with E-state index in [1.165, 1.54) is 19.3 Å². The molecule has 0 aromatic rings. The minimum Gasteiger partial charge on any atom is -0.320 e. The van der Waals surface area contributed by atoms with Crippen LogP contribution >= 0.6 is 0 Å². The van der Waals surface area contributed by atoms with E-state index in [2.05, 4.69) is 16.3 Å². The molecule has 1 saturated heterocycles. The van der Waals surface area contributed by atoms with Gasteiger partial charge >= 0.3 is 0 Å². The first-order valence-electron chi connectivity index (χ1n) is 5.56. The van der Waals surface area contributed by atoms with E-state index >= 15 is 0 Å². The van der Waals surface area contributed by atoms with Crippen molar-refractivity contribution < 1.29 is 0 Å². The molecule has 0 aromatic heterocycles. The number of hydrogen-bond acceptors (Lipinski definition) is 3. The minimum absolute atomic E-state index is 0.0975. The van der Waals surface area contributed by atoms with Gasteiger partial charge in [0.25, 0.3) is 0 Å². The lowest BCUT2D eigenvalue weighted by Crippen LogP contribution is -2.39. The molecule has 1 fully saturated rings. The summed E-state index contributed by atoms with van der Waals surface area (Å²) >= 11 is 0. The molecule has 1 aliphatic rings. The van der Waals surface area contributed by atoms with Crippen molar-refractivity contribution in [2.45, 2.75) is 32.2 Å². The molecule has 3 nitrogen and oxygen atoms in total. The molecular formula is C11H21N3. The van der Waals surface area contributed by atoms with E-state index in [0.717, 1.165) is 25.6 Å². The lowest BCUT2D eigenvalue weighted by molar-refractivity contribution is 0.161. The summed E-state index contributed by atoms with van der Waals surface area (Å²) in [5, 5.41) is 12.0. The first-order valence-corrected chi connectivity index (χ1v) is 5.56. The number of nitrogens with zero attached hydrogens (tertiary/aromatic N) is 2. The maximum atomic E-state index is 8.79. The first kappa shape index (κ1) is 11.5. The summed E-state index contributed by atoms with van der Waals surface area (Å²) < 4.78 is 0. The second kappa shape index (κ2) is 6.00. The average Bonchev–Trinajstić information content (AvgIpc) is 2.26. The third kappa shape index (κ3) is 3.28. The van der Waals surface area contributed by atoms with Gasteiger partial charge in [-0.3, -0.25) is 4.90 Å². The molecule has 1 heterocycles. The smallest absolute Gasteiger partial charge is 0.0949 e. The molecule has 0 saturated carbocycles. The molecule has 80 valence electrons. The van der Waals surface area contributed by atoms with Crippen LogP contribution in [0, 0.1) is 17.2 Å². The van der Waals surface area contributed by atoms with Crippen LogP contribution in [0.2, 0.25) is 0 Å². The quantitative estimate of drug-likeness (QED) is 0.733. The van der Waals surface area contributed by atoms with E-state index < -0.39 is 0 Å². The third-order valence-electron chi connectivity index (χ3n) is 3.19. The van der Waals surface area contributed by atoms with E-state index in [0.29, 0.717) is 0 Å². The Morgan fingerprint density at radius 1 is 1.50 bits per heavy atom. The second-order valence-electron chi connectivity index (χ2n) is 4.18. The van der Waals surface area contributed by atoms with Gasteiger partial charge < -0.3 is 5.32 Å². The molecule has 0 amide bonds. The summed E-state index contributed by atoms with van der Waals surface area (Å²) in [6, 6.07) is 2.40. The molecule has 3 heteroatoms. The molecular weight excluding hydrogens is 174 g/mol. The fourth-order valence-corrected chi connectivity index (χ4v) is 2.06. The molecule has 0 aromatic carbocycles. The molecule has 0 spiro atoms. The highest BCUT2D eigenvalue weighted by Crippen LogP contribution is 2.21. The standard InChI is InChI=1S/C11H21N3/c1-10(9-12)14-7-4-11(5-8-14)3-6-13-2/h10-11,13H,3-8H2,1-2H3. The Morgan fingerprint density at radius 2 is 2.14 bits per heavy atom. The predicted molar refractivity (Wildman–Crippen MR) is 57.9 cm³/mol. The summed E-state index contributed by atoms with van der Waals surface area (Å²) in [7, 11) is 2.01. The van der Waals surface area contributed by atoms with Crippen molar-refractivity contribution in [3.8, 4) is 6.07 Å². The molecule has 1 rings (SSSR count). The fourth-order valence-electron chi connectivity index (χ4n) is 2.06. The SMILES string of the molecule is CNCCC1CCN(C(C)C#N)CC1. The van der Waals surface area contributed by atoms with Crippen LogP contribution in [0.25, 0.3) is 0 Å². The van der Waals surface area contributed by atoms with Crippen molar-refractivity contribution in [2.75, 3.05) is 26.7 Å². The number of rotatable bonds is 4. The number of nitrogens with one attached hydrogen (secondary N) is 1. The van der Waals surface area contributed by atoms with Crippen LogP contribution in [0.1, 0.15) is 26.2 Å². The Balaban J connectivity index is 2.21. The van der Waals surface area contributed by atoms with Crippen LogP contribution in [-0.4, -0.2) is 37.6 Å². The van der Waals surface area contributed by atoms with Gasteiger partial charge in [0, 0.05) is 0 Å². The molecule has 1 N–H and O–H groups in total. The Hall–Kier alpha value is -0.590. The number of piperidine rings is 1. The van der Waals surface area contributed by atoms with Gasteiger partial charge in [0.1, 0.15) is 0 Å². The van der Waals surface area contributed by atoms with Gasteiger partial charge in [-0.1, -0.05) is 0 Å². The van der Waals surface area contributed by atoms with Gasteiger partial charge in [0.15, 0.2) is 0 Å². The summed E-state index contributed by atoms with van der Waals surface area (Å²) in [5.74, 6) is 0.865. The van der Waals surface area contributed by atoms with E-state index in [4.69, 9.17) is 5.26 Å². The van der Waals surface area contributed by atoms with E-state index in [1.807, 2.05) is 14.0 Å².